The van der Waals surface area contributed by atoms with Crippen molar-refractivity contribution in [3.8, 4) is 0 Å². The van der Waals surface area contributed by atoms with Crippen LogP contribution in [0.2, 0.25) is 0 Å². The summed E-state index contributed by atoms with van der Waals surface area (Å²) in [6.45, 7) is 5.89. The van der Waals surface area contributed by atoms with E-state index in [-0.39, 0.29) is 24.1 Å². The molecule has 0 aliphatic carbocycles. The molecule has 0 saturated carbocycles. The summed E-state index contributed by atoms with van der Waals surface area (Å²) in [5, 5.41) is 0. The number of sulfonamides is 1. The van der Waals surface area contributed by atoms with E-state index in [0.29, 0.717) is 30.2 Å². The molecule has 1 saturated heterocycles. The van der Waals surface area contributed by atoms with Crippen molar-refractivity contribution >= 4 is 10.0 Å². The number of nitrogens with one attached hydrogen (secondary N) is 1. The number of furan rings is 1. The summed E-state index contributed by atoms with van der Waals surface area (Å²) in [4.78, 5) is 2.27. The van der Waals surface area contributed by atoms with Gasteiger partial charge in [0, 0.05) is 31.7 Å². The number of morpholine rings is 1. The van der Waals surface area contributed by atoms with Gasteiger partial charge in [-0.2, -0.15) is 0 Å². The lowest BCUT2D eigenvalue weighted by atomic mass is 10.2. The summed E-state index contributed by atoms with van der Waals surface area (Å²) in [6, 6.07) is 0. The van der Waals surface area contributed by atoms with Crippen LogP contribution in [0, 0.1) is 13.8 Å². The second-order valence-corrected chi connectivity index (χ2v) is 7.04. The highest BCUT2D eigenvalue weighted by atomic mass is 32.2. The summed E-state index contributed by atoms with van der Waals surface area (Å²) in [5.41, 5.74) is 6.16. The molecule has 1 aliphatic rings. The number of ether oxygens (including phenoxy) is 1. The molecular weight excluding hydrogens is 294 g/mol. The number of aryl methyl sites for hydroxylation is 2. The highest BCUT2D eigenvalue weighted by Gasteiger charge is 2.27. The molecule has 1 atom stereocenters. The Balaban J connectivity index is 2.12. The number of hydrogen-bond donors (Lipinski definition) is 2. The van der Waals surface area contributed by atoms with E-state index < -0.39 is 10.0 Å². The molecule has 0 amide bonds. The first-order valence-electron chi connectivity index (χ1n) is 6.94. The molecule has 21 heavy (non-hydrogen) atoms. The maximum atomic E-state index is 12.5. The van der Waals surface area contributed by atoms with Gasteiger partial charge in [0.2, 0.25) is 10.0 Å². The van der Waals surface area contributed by atoms with Crippen molar-refractivity contribution in [3.63, 3.8) is 0 Å². The van der Waals surface area contributed by atoms with Crippen molar-refractivity contribution in [2.24, 2.45) is 5.73 Å². The van der Waals surface area contributed by atoms with E-state index in [1.807, 2.05) is 7.05 Å². The van der Waals surface area contributed by atoms with Crippen molar-refractivity contribution in [2.75, 3.05) is 33.3 Å². The summed E-state index contributed by atoms with van der Waals surface area (Å²) in [5.74, 6) is 0.908. The molecule has 0 spiro atoms. The van der Waals surface area contributed by atoms with Crippen LogP contribution >= 0.6 is 0 Å². The maximum absolute atomic E-state index is 12.5. The predicted octanol–water partition coefficient (Wildman–Crippen LogP) is -0.0360. The van der Waals surface area contributed by atoms with Gasteiger partial charge in [-0.3, -0.25) is 0 Å². The lowest BCUT2D eigenvalue weighted by Crippen LogP contribution is -2.46. The highest BCUT2D eigenvalue weighted by Crippen LogP contribution is 2.26. The SMILES string of the molecule is Cc1oc(C)c(S(=O)(=O)NCC2CN(C)CCO2)c1CN. The van der Waals surface area contributed by atoms with Gasteiger partial charge in [-0.15, -0.1) is 0 Å². The molecule has 8 heteroatoms. The Bertz CT molecular complexity index is 597. The Kier molecular flexibility index (Phi) is 5.05. The van der Waals surface area contributed by atoms with Gasteiger partial charge in [-0.1, -0.05) is 0 Å². The van der Waals surface area contributed by atoms with E-state index in [9.17, 15) is 8.42 Å². The van der Waals surface area contributed by atoms with Gasteiger partial charge in [-0.05, 0) is 20.9 Å². The van der Waals surface area contributed by atoms with E-state index in [1.165, 1.54) is 0 Å². The van der Waals surface area contributed by atoms with Crippen LogP contribution in [0.3, 0.4) is 0 Å². The smallest absolute Gasteiger partial charge is 0.244 e. The van der Waals surface area contributed by atoms with Crippen LogP contribution in [0.5, 0.6) is 0 Å². The molecule has 0 radical (unpaired) electrons. The van der Waals surface area contributed by atoms with Crippen LogP contribution < -0.4 is 10.5 Å². The average Bonchev–Trinajstić information content (AvgIpc) is 2.71. The quantitative estimate of drug-likeness (QED) is 0.791. The molecule has 3 N–H and O–H groups in total. The Labute approximate surface area is 125 Å². The monoisotopic (exact) mass is 317 g/mol. The maximum Gasteiger partial charge on any atom is 0.244 e. The van der Waals surface area contributed by atoms with E-state index in [2.05, 4.69) is 9.62 Å². The number of nitrogens with zero attached hydrogens (tertiary/aromatic N) is 1. The summed E-state index contributed by atoms with van der Waals surface area (Å²) >= 11 is 0. The number of nitrogens with two attached hydrogens (primary N) is 1. The molecule has 1 fully saturated rings. The third-order valence-corrected chi connectivity index (χ3v) is 5.26. The number of rotatable bonds is 5. The Hall–Kier alpha value is -0.930. The van der Waals surface area contributed by atoms with Gasteiger partial charge >= 0.3 is 0 Å². The molecule has 2 heterocycles. The normalized spacial score (nSPS) is 20.9. The van der Waals surface area contributed by atoms with Gasteiger partial charge in [0.25, 0.3) is 0 Å². The minimum Gasteiger partial charge on any atom is -0.465 e. The van der Waals surface area contributed by atoms with E-state index >= 15 is 0 Å². The number of hydrogen-bond acceptors (Lipinski definition) is 6. The zero-order valence-electron chi connectivity index (χ0n) is 12.7. The number of likely N-dealkylation sites (N-methyl/N-ethyl adjacent to an activating group) is 1. The Morgan fingerprint density at radius 3 is 2.71 bits per heavy atom. The molecule has 0 bridgehead atoms. The summed E-state index contributed by atoms with van der Waals surface area (Å²) < 4.78 is 38.5. The van der Waals surface area contributed by atoms with Crippen LogP contribution in [-0.2, 0) is 21.3 Å². The zero-order valence-corrected chi connectivity index (χ0v) is 13.5. The third kappa shape index (κ3) is 3.64. The lowest BCUT2D eigenvalue weighted by Gasteiger charge is -2.30. The molecule has 1 aliphatic heterocycles. The standard InChI is InChI=1S/C13H23N3O4S/c1-9-12(6-14)13(10(2)20-9)21(17,18)15-7-11-8-16(3)4-5-19-11/h11,15H,4-8,14H2,1-3H3. The first-order chi connectivity index (χ1) is 9.85. The van der Waals surface area contributed by atoms with Gasteiger partial charge in [0.05, 0.1) is 12.7 Å². The summed E-state index contributed by atoms with van der Waals surface area (Å²) in [6.07, 6.45) is -0.145. The second kappa shape index (κ2) is 6.45. The van der Waals surface area contributed by atoms with Crippen molar-refractivity contribution in [1.29, 1.82) is 0 Å². The van der Waals surface area contributed by atoms with Gasteiger partial charge in [0.15, 0.2) is 0 Å². The fourth-order valence-corrected chi connectivity index (χ4v) is 4.08. The fraction of sp³-hybridized carbons (Fsp3) is 0.692. The molecule has 0 aromatic carbocycles. The van der Waals surface area contributed by atoms with Crippen LogP contribution in [-0.4, -0.2) is 52.7 Å². The minimum atomic E-state index is -3.65. The van der Waals surface area contributed by atoms with Gasteiger partial charge in [0.1, 0.15) is 16.4 Å². The molecule has 1 aromatic heterocycles. The topological polar surface area (TPSA) is 97.8 Å². The van der Waals surface area contributed by atoms with Crippen molar-refractivity contribution in [2.45, 2.75) is 31.4 Å². The van der Waals surface area contributed by atoms with Gasteiger partial charge < -0.3 is 19.8 Å². The fourth-order valence-electron chi connectivity index (χ4n) is 2.56. The van der Waals surface area contributed by atoms with Crippen molar-refractivity contribution < 1.29 is 17.6 Å². The van der Waals surface area contributed by atoms with Crippen LogP contribution in [0.4, 0.5) is 0 Å². The van der Waals surface area contributed by atoms with Crippen molar-refractivity contribution in [1.82, 2.24) is 9.62 Å². The molecule has 120 valence electrons. The Morgan fingerprint density at radius 2 is 2.10 bits per heavy atom. The minimum absolute atomic E-state index is 0.127. The zero-order chi connectivity index (χ0) is 15.6. The van der Waals surface area contributed by atoms with E-state index in [0.717, 1.165) is 6.54 Å². The van der Waals surface area contributed by atoms with Crippen LogP contribution in [0.15, 0.2) is 9.31 Å². The van der Waals surface area contributed by atoms with Crippen molar-refractivity contribution in [3.05, 3.63) is 17.1 Å². The molecule has 1 aromatic rings. The van der Waals surface area contributed by atoms with Crippen LogP contribution in [0.25, 0.3) is 0 Å². The predicted molar refractivity (Wildman–Crippen MR) is 78.5 cm³/mol. The molecule has 1 unspecified atom stereocenters. The Morgan fingerprint density at radius 1 is 1.38 bits per heavy atom. The largest absolute Gasteiger partial charge is 0.465 e. The molecule has 2 rings (SSSR count). The van der Waals surface area contributed by atoms with Crippen LogP contribution in [0.1, 0.15) is 17.1 Å². The average molecular weight is 317 g/mol. The molecular formula is C13H23N3O4S. The first-order valence-corrected chi connectivity index (χ1v) is 8.42. The first kappa shape index (κ1) is 16.4. The highest BCUT2D eigenvalue weighted by molar-refractivity contribution is 7.89. The second-order valence-electron chi connectivity index (χ2n) is 5.33. The van der Waals surface area contributed by atoms with E-state index in [4.69, 9.17) is 14.9 Å². The lowest BCUT2D eigenvalue weighted by molar-refractivity contribution is -0.0156. The van der Waals surface area contributed by atoms with Gasteiger partial charge in [-0.25, -0.2) is 13.1 Å². The third-order valence-electron chi connectivity index (χ3n) is 3.64. The summed E-state index contributed by atoms with van der Waals surface area (Å²) in [7, 11) is -1.67. The molecule has 7 nitrogen and oxygen atoms in total. The van der Waals surface area contributed by atoms with E-state index in [1.54, 1.807) is 13.8 Å².